The number of rotatable bonds is 37. The fourth-order valence-electron chi connectivity index (χ4n) is 7.84. The largest absolute Gasteiger partial charge is 0.255 e. The molecule has 332 valence electrons. The summed E-state index contributed by atoms with van der Waals surface area (Å²) in [5.41, 5.74) is 4.51. The first-order valence-corrected chi connectivity index (χ1v) is 25.0. The molecule has 3 heteroatoms. The van der Waals surface area contributed by atoms with Gasteiger partial charge >= 0.3 is 0 Å². The molecule has 0 N–H and O–H groups in total. The Kier molecular flexibility index (Phi) is 40.1. The summed E-state index contributed by atoms with van der Waals surface area (Å²) in [4.78, 5) is 9.52. The van der Waals surface area contributed by atoms with E-state index >= 15 is 0 Å². The van der Waals surface area contributed by atoms with Crippen LogP contribution < -0.4 is 0 Å². The van der Waals surface area contributed by atoms with Crippen molar-refractivity contribution >= 4 is 23.8 Å². The van der Waals surface area contributed by atoms with E-state index in [0.29, 0.717) is 0 Å². The minimum absolute atomic E-state index is 0. The SMILES string of the molecule is CCCCCCCCCCCCCCCCCC#CCCc1ccccc1N=CC=Nc1ccccc1CCC#CCCCCCCCCCCCCCCCCC.[Ni]. The fraction of sp³-hybridized carbons (Fsp3) is 0.679. The number of hydrogen-bond acceptors (Lipinski definition) is 2. The summed E-state index contributed by atoms with van der Waals surface area (Å²) < 4.78 is 0. The van der Waals surface area contributed by atoms with Crippen LogP contribution >= 0.6 is 0 Å². The summed E-state index contributed by atoms with van der Waals surface area (Å²) in [6.07, 6.45) is 51.5. The van der Waals surface area contributed by atoms with Crippen LogP contribution in [0.15, 0.2) is 58.5 Å². The third-order valence-electron chi connectivity index (χ3n) is 11.6. The summed E-state index contributed by atoms with van der Waals surface area (Å²) >= 11 is 0. The fourth-order valence-corrected chi connectivity index (χ4v) is 7.84. The Labute approximate surface area is 376 Å². The zero-order valence-corrected chi connectivity index (χ0v) is 39.4. The van der Waals surface area contributed by atoms with Crippen molar-refractivity contribution in [2.75, 3.05) is 0 Å². The number of unbranched alkanes of at least 4 members (excludes halogenated alkanes) is 30. The molecule has 0 aliphatic carbocycles. The summed E-state index contributed by atoms with van der Waals surface area (Å²) in [6, 6.07) is 16.9. The van der Waals surface area contributed by atoms with Crippen LogP contribution in [0.25, 0.3) is 0 Å². The molecular weight excluding hydrogens is 759 g/mol. The molecule has 59 heavy (non-hydrogen) atoms. The zero-order chi connectivity index (χ0) is 41.1. The third-order valence-corrected chi connectivity index (χ3v) is 11.6. The number of aryl methyl sites for hydroxylation is 2. The Morgan fingerprint density at radius 2 is 0.593 bits per heavy atom. The molecule has 0 aliphatic rings. The van der Waals surface area contributed by atoms with Crippen LogP contribution in [-0.2, 0) is 29.3 Å². The topological polar surface area (TPSA) is 24.7 Å². The predicted molar refractivity (Wildman–Crippen MR) is 260 cm³/mol. The quantitative estimate of drug-likeness (QED) is 0.0280. The Morgan fingerprint density at radius 3 is 0.898 bits per heavy atom. The minimum atomic E-state index is 0. The number of aliphatic imine (C=N–C) groups is 2. The molecule has 2 rings (SSSR count). The van der Waals surface area contributed by atoms with Gasteiger partial charge in [0, 0.05) is 54.6 Å². The summed E-state index contributed by atoms with van der Waals surface area (Å²) in [7, 11) is 0. The average Bonchev–Trinajstić information content (AvgIpc) is 3.25. The van der Waals surface area contributed by atoms with Crippen LogP contribution in [-0.4, -0.2) is 12.4 Å². The van der Waals surface area contributed by atoms with Gasteiger partial charge in [0.25, 0.3) is 0 Å². The molecule has 0 aliphatic heterocycles. The Bertz CT molecular complexity index is 1290. The molecule has 0 saturated heterocycles. The number of hydrogen-bond donors (Lipinski definition) is 0. The third kappa shape index (κ3) is 33.8. The first-order chi connectivity index (χ1) is 28.8. The molecule has 2 aromatic carbocycles. The van der Waals surface area contributed by atoms with Gasteiger partial charge in [-0.3, -0.25) is 9.98 Å². The molecule has 0 bridgehead atoms. The second-order valence-electron chi connectivity index (χ2n) is 16.9. The van der Waals surface area contributed by atoms with Gasteiger partial charge in [-0.25, -0.2) is 0 Å². The van der Waals surface area contributed by atoms with Crippen LogP contribution in [0, 0.1) is 23.7 Å². The molecule has 0 fully saturated rings. The van der Waals surface area contributed by atoms with Crippen molar-refractivity contribution in [1.82, 2.24) is 0 Å². The van der Waals surface area contributed by atoms with E-state index in [1.807, 2.05) is 12.4 Å². The monoisotopic (exact) mass is 847 g/mol. The standard InChI is InChI=1S/C56H88N2.Ni/c1-3-5-7-9-11-13-15-17-19-21-23-25-27-29-31-33-35-37-39-45-53-47-41-43-49-55(53)57-51-52-58-56-50-44-42-48-54(56)46-40-38-36-34-32-30-28-26-24-22-20-18-16-14-12-10-8-6-4-2;/h41-44,47-52H,3-34,39-40,45-46H2,1-2H3;. The van der Waals surface area contributed by atoms with Gasteiger partial charge < -0.3 is 0 Å². The molecule has 0 heterocycles. The van der Waals surface area contributed by atoms with Gasteiger partial charge in [-0.05, 0) is 48.9 Å². The maximum atomic E-state index is 4.76. The van der Waals surface area contributed by atoms with Crippen molar-refractivity contribution in [3.8, 4) is 23.7 Å². The second-order valence-corrected chi connectivity index (χ2v) is 16.9. The maximum Gasteiger partial charge on any atom is 0.0662 e. The summed E-state index contributed by atoms with van der Waals surface area (Å²) in [5.74, 6) is 13.7. The van der Waals surface area contributed by atoms with Crippen molar-refractivity contribution in [1.29, 1.82) is 0 Å². The molecule has 0 radical (unpaired) electrons. The van der Waals surface area contributed by atoms with Gasteiger partial charge in [0.15, 0.2) is 0 Å². The minimum Gasteiger partial charge on any atom is -0.255 e. The normalized spacial score (nSPS) is 11.1. The smallest absolute Gasteiger partial charge is 0.0662 e. The molecule has 0 amide bonds. The van der Waals surface area contributed by atoms with E-state index in [0.717, 1.165) is 49.9 Å². The second kappa shape index (κ2) is 43.5. The van der Waals surface area contributed by atoms with E-state index in [2.05, 4.69) is 86.1 Å². The molecule has 2 aromatic rings. The van der Waals surface area contributed by atoms with Crippen LogP contribution in [0.4, 0.5) is 11.4 Å². The van der Waals surface area contributed by atoms with Gasteiger partial charge in [0.2, 0.25) is 0 Å². The zero-order valence-electron chi connectivity index (χ0n) is 38.4. The van der Waals surface area contributed by atoms with Crippen LogP contribution in [0.5, 0.6) is 0 Å². The molecule has 0 saturated carbocycles. The van der Waals surface area contributed by atoms with E-state index in [1.54, 1.807) is 0 Å². The van der Waals surface area contributed by atoms with Crippen molar-refractivity contribution in [2.24, 2.45) is 9.98 Å². The Balaban J connectivity index is 0.0000174. The van der Waals surface area contributed by atoms with E-state index in [4.69, 9.17) is 9.98 Å². The van der Waals surface area contributed by atoms with Gasteiger partial charge in [-0.2, -0.15) is 0 Å². The van der Waals surface area contributed by atoms with Gasteiger partial charge in [-0.1, -0.05) is 230 Å². The van der Waals surface area contributed by atoms with Gasteiger partial charge in [0.05, 0.1) is 11.4 Å². The average molecular weight is 848 g/mol. The predicted octanol–water partition coefficient (Wildman–Crippen LogP) is 18.2. The molecule has 0 unspecified atom stereocenters. The summed E-state index contributed by atoms with van der Waals surface area (Å²) in [5, 5.41) is 0. The van der Waals surface area contributed by atoms with Gasteiger partial charge in [-0.15, -0.1) is 23.7 Å². The van der Waals surface area contributed by atoms with E-state index in [9.17, 15) is 0 Å². The molecule has 2 nitrogen and oxygen atoms in total. The van der Waals surface area contributed by atoms with Crippen LogP contribution in [0.2, 0.25) is 0 Å². The van der Waals surface area contributed by atoms with Crippen LogP contribution in [0.3, 0.4) is 0 Å². The van der Waals surface area contributed by atoms with Crippen molar-refractivity contribution in [3.63, 3.8) is 0 Å². The Hall–Kier alpha value is -2.61. The van der Waals surface area contributed by atoms with E-state index < -0.39 is 0 Å². The molecule has 0 aromatic heterocycles. The number of benzene rings is 2. The van der Waals surface area contributed by atoms with Crippen molar-refractivity contribution in [2.45, 2.75) is 245 Å². The van der Waals surface area contributed by atoms with E-state index in [1.165, 1.54) is 204 Å². The molecular formula is C56H88N2Ni. The maximum absolute atomic E-state index is 4.76. The van der Waals surface area contributed by atoms with Crippen molar-refractivity contribution < 1.29 is 16.5 Å². The first kappa shape index (κ1) is 54.4. The Morgan fingerprint density at radius 1 is 0.339 bits per heavy atom. The van der Waals surface area contributed by atoms with Crippen LogP contribution in [0.1, 0.15) is 243 Å². The van der Waals surface area contributed by atoms with Gasteiger partial charge in [0.1, 0.15) is 0 Å². The first-order valence-electron chi connectivity index (χ1n) is 25.0. The summed E-state index contributed by atoms with van der Waals surface area (Å²) in [6.45, 7) is 4.59. The van der Waals surface area contributed by atoms with E-state index in [-0.39, 0.29) is 16.5 Å². The van der Waals surface area contributed by atoms with Crippen molar-refractivity contribution in [3.05, 3.63) is 59.7 Å². The number of nitrogens with zero attached hydrogens (tertiary/aromatic N) is 2. The number of para-hydroxylation sites is 2. The molecule has 0 atom stereocenters. The molecule has 0 spiro atoms.